The predicted octanol–water partition coefficient (Wildman–Crippen LogP) is 4.50. The van der Waals surface area contributed by atoms with Gasteiger partial charge in [0.2, 0.25) is 0 Å². The van der Waals surface area contributed by atoms with Gasteiger partial charge < -0.3 is 9.84 Å². The fourth-order valence-corrected chi connectivity index (χ4v) is 2.34. The van der Waals surface area contributed by atoms with E-state index in [2.05, 4.69) is 10.5 Å². The Labute approximate surface area is 152 Å². The van der Waals surface area contributed by atoms with Gasteiger partial charge in [-0.15, -0.1) is 0 Å². The average Bonchev–Trinajstić information content (AvgIpc) is 2.51. The van der Waals surface area contributed by atoms with E-state index in [-0.39, 0.29) is 5.75 Å². The molecule has 1 amide bonds. The fraction of sp³-hybridized carbons (Fsp3) is 0.263. The molecule has 0 aromatic heterocycles. The van der Waals surface area contributed by atoms with E-state index in [1.165, 1.54) is 6.21 Å². The van der Waals surface area contributed by atoms with Crippen molar-refractivity contribution >= 4 is 23.9 Å². The molecule has 0 atom stereocenters. The Kier molecular flexibility index (Phi) is 6.04. The third-order valence-electron chi connectivity index (χ3n) is 3.20. The largest absolute Gasteiger partial charge is 0.507 e. The molecular weight excluding hydrogens is 340 g/mol. The standard InChI is InChI=1S/C19H21ClN2O3/c1-19(2,3)25-18(24)22-21-12-15-11-13(8-9-17(15)23)10-14-6-4-5-7-16(14)20/h4-9,11-12,23H,10H2,1-3H3,(H,22,24). The number of hydrogen-bond acceptors (Lipinski definition) is 4. The molecule has 6 heteroatoms. The summed E-state index contributed by atoms with van der Waals surface area (Å²) in [5.41, 5.74) is 4.11. The van der Waals surface area contributed by atoms with E-state index in [4.69, 9.17) is 16.3 Å². The molecule has 5 nitrogen and oxygen atoms in total. The molecule has 0 aliphatic carbocycles. The van der Waals surface area contributed by atoms with E-state index in [9.17, 15) is 9.90 Å². The summed E-state index contributed by atoms with van der Waals surface area (Å²) in [6, 6.07) is 12.8. The lowest BCUT2D eigenvalue weighted by Crippen LogP contribution is -2.29. The molecule has 0 radical (unpaired) electrons. The number of benzene rings is 2. The number of aromatic hydroxyl groups is 1. The number of amides is 1. The molecule has 2 rings (SSSR count). The molecule has 0 unspecified atom stereocenters. The van der Waals surface area contributed by atoms with E-state index in [1.807, 2.05) is 30.3 Å². The first-order chi connectivity index (χ1) is 11.7. The zero-order valence-electron chi connectivity index (χ0n) is 14.4. The Bertz CT molecular complexity index is 782. The molecule has 2 aromatic carbocycles. The number of carbonyl (C=O) groups is 1. The first kappa shape index (κ1) is 18.8. The van der Waals surface area contributed by atoms with E-state index in [0.717, 1.165) is 11.1 Å². The van der Waals surface area contributed by atoms with Crippen molar-refractivity contribution < 1.29 is 14.6 Å². The number of rotatable bonds is 4. The van der Waals surface area contributed by atoms with Crippen LogP contribution >= 0.6 is 11.6 Å². The smallest absolute Gasteiger partial charge is 0.428 e. The van der Waals surface area contributed by atoms with E-state index >= 15 is 0 Å². The summed E-state index contributed by atoms with van der Waals surface area (Å²) in [5, 5.41) is 14.5. The number of phenols is 1. The second kappa shape index (κ2) is 8.03. The van der Waals surface area contributed by atoms with Crippen LogP contribution in [0.4, 0.5) is 4.79 Å². The van der Waals surface area contributed by atoms with Gasteiger partial charge in [0.1, 0.15) is 11.4 Å². The summed E-state index contributed by atoms with van der Waals surface area (Å²) in [7, 11) is 0. The van der Waals surface area contributed by atoms with Gasteiger partial charge in [0, 0.05) is 10.6 Å². The highest BCUT2D eigenvalue weighted by Crippen LogP contribution is 2.22. The van der Waals surface area contributed by atoms with Crippen molar-refractivity contribution in [3.63, 3.8) is 0 Å². The summed E-state index contributed by atoms with van der Waals surface area (Å²) in [5.74, 6) is 0.0673. The highest BCUT2D eigenvalue weighted by molar-refractivity contribution is 6.31. The molecule has 132 valence electrons. The molecule has 0 aliphatic rings. The third kappa shape index (κ3) is 6.12. The molecule has 0 saturated carbocycles. The van der Waals surface area contributed by atoms with Crippen molar-refractivity contribution in [1.29, 1.82) is 0 Å². The van der Waals surface area contributed by atoms with Crippen LogP contribution < -0.4 is 5.43 Å². The van der Waals surface area contributed by atoms with E-state index < -0.39 is 11.7 Å². The Morgan fingerprint density at radius 2 is 2.00 bits per heavy atom. The zero-order chi connectivity index (χ0) is 18.4. The van der Waals surface area contributed by atoms with Crippen molar-refractivity contribution in [2.45, 2.75) is 32.8 Å². The van der Waals surface area contributed by atoms with Gasteiger partial charge in [0.25, 0.3) is 0 Å². The normalized spacial score (nSPS) is 11.5. The lowest BCUT2D eigenvalue weighted by Gasteiger charge is -2.18. The van der Waals surface area contributed by atoms with Crippen LogP contribution in [0.2, 0.25) is 5.02 Å². The lowest BCUT2D eigenvalue weighted by molar-refractivity contribution is 0.0529. The van der Waals surface area contributed by atoms with Crippen LogP contribution in [0.5, 0.6) is 5.75 Å². The van der Waals surface area contributed by atoms with Gasteiger partial charge in [0.05, 0.1) is 6.21 Å². The van der Waals surface area contributed by atoms with Gasteiger partial charge in [-0.25, -0.2) is 10.2 Å². The maximum absolute atomic E-state index is 11.6. The number of ether oxygens (including phenoxy) is 1. The number of hydrazone groups is 1. The molecule has 2 aromatic rings. The monoisotopic (exact) mass is 360 g/mol. The predicted molar refractivity (Wildman–Crippen MR) is 99.3 cm³/mol. The molecule has 0 saturated heterocycles. The third-order valence-corrected chi connectivity index (χ3v) is 3.57. The van der Waals surface area contributed by atoms with Crippen molar-refractivity contribution in [3.8, 4) is 5.75 Å². The average molecular weight is 361 g/mol. The lowest BCUT2D eigenvalue weighted by atomic mass is 10.0. The molecule has 0 bridgehead atoms. The minimum absolute atomic E-state index is 0.0673. The van der Waals surface area contributed by atoms with Gasteiger partial charge in [-0.05, 0) is 56.5 Å². The topological polar surface area (TPSA) is 70.9 Å². The summed E-state index contributed by atoms with van der Waals surface area (Å²) in [6.45, 7) is 5.29. The van der Waals surface area contributed by atoms with Crippen LogP contribution in [0, 0.1) is 0 Å². The van der Waals surface area contributed by atoms with Gasteiger partial charge in [-0.3, -0.25) is 0 Å². The number of carbonyl (C=O) groups excluding carboxylic acids is 1. The molecule has 0 heterocycles. The van der Waals surface area contributed by atoms with E-state index in [0.29, 0.717) is 17.0 Å². The van der Waals surface area contributed by atoms with Crippen molar-refractivity contribution in [2.24, 2.45) is 5.10 Å². The summed E-state index contributed by atoms with van der Waals surface area (Å²) < 4.78 is 5.08. The molecule has 25 heavy (non-hydrogen) atoms. The summed E-state index contributed by atoms with van der Waals surface area (Å²) in [4.78, 5) is 11.6. The van der Waals surface area contributed by atoms with Crippen molar-refractivity contribution in [2.75, 3.05) is 0 Å². The Balaban J connectivity index is 2.07. The van der Waals surface area contributed by atoms with Crippen LogP contribution in [0.25, 0.3) is 0 Å². The number of phenolic OH excluding ortho intramolecular Hbond substituents is 1. The quantitative estimate of drug-likeness (QED) is 0.623. The number of hydrogen-bond donors (Lipinski definition) is 2. The number of nitrogens with zero attached hydrogens (tertiary/aromatic N) is 1. The minimum atomic E-state index is -0.657. The molecule has 0 aliphatic heterocycles. The van der Waals surface area contributed by atoms with Gasteiger partial charge in [-0.1, -0.05) is 35.9 Å². The maximum atomic E-state index is 11.6. The Morgan fingerprint density at radius 3 is 2.68 bits per heavy atom. The zero-order valence-corrected chi connectivity index (χ0v) is 15.2. The van der Waals surface area contributed by atoms with Crippen LogP contribution in [0.1, 0.15) is 37.5 Å². The first-order valence-corrected chi connectivity index (χ1v) is 8.20. The van der Waals surface area contributed by atoms with E-state index in [1.54, 1.807) is 32.9 Å². The first-order valence-electron chi connectivity index (χ1n) is 7.82. The fourth-order valence-electron chi connectivity index (χ4n) is 2.13. The number of nitrogens with one attached hydrogen (secondary N) is 1. The van der Waals surface area contributed by atoms with Crippen LogP contribution in [0.3, 0.4) is 0 Å². The highest BCUT2D eigenvalue weighted by Gasteiger charge is 2.15. The Morgan fingerprint density at radius 1 is 1.28 bits per heavy atom. The van der Waals surface area contributed by atoms with Crippen molar-refractivity contribution in [3.05, 3.63) is 64.2 Å². The van der Waals surface area contributed by atoms with Gasteiger partial charge >= 0.3 is 6.09 Å². The van der Waals surface area contributed by atoms with Crippen LogP contribution in [-0.4, -0.2) is 23.0 Å². The van der Waals surface area contributed by atoms with Crippen molar-refractivity contribution in [1.82, 2.24) is 5.43 Å². The highest BCUT2D eigenvalue weighted by atomic mass is 35.5. The minimum Gasteiger partial charge on any atom is -0.507 e. The maximum Gasteiger partial charge on any atom is 0.428 e. The molecular formula is C19H21ClN2O3. The summed E-state index contributed by atoms with van der Waals surface area (Å²) in [6.07, 6.45) is 1.34. The van der Waals surface area contributed by atoms with Gasteiger partial charge in [0.15, 0.2) is 0 Å². The second-order valence-electron chi connectivity index (χ2n) is 6.53. The molecule has 0 spiro atoms. The summed E-state index contributed by atoms with van der Waals surface area (Å²) >= 11 is 6.18. The SMILES string of the molecule is CC(C)(C)OC(=O)NN=Cc1cc(Cc2ccccc2Cl)ccc1O. The Hall–Kier alpha value is -2.53. The number of halogens is 1. The molecule has 2 N–H and O–H groups in total. The van der Waals surface area contributed by atoms with Gasteiger partial charge in [-0.2, -0.15) is 5.10 Å². The molecule has 0 fully saturated rings. The second-order valence-corrected chi connectivity index (χ2v) is 6.94. The van der Waals surface area contributed by atoms with Crippen LogP contribution in [-0.2, 0) is 11.2 Å². The van der Waals surface area contributed by atoms with Crippen LogP contribution in [0.15, 0.2) is 47.6 Å².